The molecule has 3 N–H and O–H groups in total. The number of nitrogens with zero attached hydrogens (tertiary/aromatic N) is 4. The molecule has 0 unspecified atom stereocenters. The van der Waals surface area contributed by atoms with Gasteiger partial charge in [0.25, 0.3) is 5.91 Å². The van der Waals surface area contributed by atoms with Gasteiger partial charge in [0.1, 0.15) is 11.5 Å². The van der Waals surface area contributed by atoms with Crippen LogP contribution in [0.3, 0.4) is 0 Å². The van der Waals surface area contributed by atoms with E-state index in [2.05, 4.69) is 30.8 Å². The first-order chi connectivity index (χ1) is 16.0. The van der Waals surface area contributed by atoms with Gasteiger partial charge in [-0.1, -0.05) is 0 Å². The van der Waals surface area contributed by atoms with Crippen LogP contribution in [0.15, 0.2) is 30.5 Å². The summed E-state index contributed by atoms with van der Waals surface area (Å²) in [5.74, 6) is -0.535. The molecule has 10 nitrogen and oxygen atoms in total. The number of ether oxygens (including phenoxy) is 1. The zero-order chi connectivity index (χ0) is 23.2. The maximum absolute atomic E-state index is 14.7. The number of hydrogen-bond acceptors (Lipinski definition) is 7. The minimum absolute atomic E-state index is 0.0316. The lowest BCUT2D eigenvalue weighted by molar-refractivity contribution is -0.00356. The van der Waals surface area contributed by atoms with Crippen molar-refractivity contribution in [2.24, 2.45) is 0 Å². The number of carbonyl (C=O) groups is 2. The van der Waals surface area contributed by atoms with Gasteiger partial charge in [-0.15, -0.1) is 0 Å². The SMILES string of the molecule is CCNC(=O)Nc1cc(CN2CCN(c3ccc(C(=O)NC4COC4)nc3F)CC2)ccn1. The Morgan fingerprint density at radius 3 is 2.64 bits per heavy atom. The molecule has 2 aromatic heterocycles. The number of pyridine rings is 2. The van der Waals surface area contributed by atoms with E-state index in [4.69, 9.17) is 4.74 Å². The zero-order valence-electron chi connectivity index (χ0n) is 18.5. The van der Waals surface area contributed by atoms with E-state index in [1.54, 1.807) is 18.3 Å². The number of aromatic nitrogens is 2. The van der Waals surface area contributed by atoms with Gasteiger partial charge in [-0.3, -0.25) is 15.0 Å². The van der Waals surface area contributed by atoms with Crippen LogP contribution in [0, 0.1) is 5.95 Å². The highest BCUT2D eigenvalue weighted by atomic mass is 19.1. The smallest absolute Gasteiger partial charge is 0.320 e. The molecule has 11 heteroatoms. The van der Waals surface area contributed by atoms with E-state index in [-0.39, 0.29) is 17.8 Å². The van der Waals surface area contributed by atoms with Crippen molar-refractivity contribution in [1.82, 2.24) is 25.5 Å². The molecular formula is C22H28FN7O3. The highest BCUT2D eigenvalue weighted by Gasteiger charge is 2.24. The molecule has 4 rings (SSSR count). The van der Waals surface area contributed by atoms with Crippen molar-refractivity contribution in [1.29, 1.82) is 0 Å². The minimum atomic E-state index is -0.642. The van der Waals surface area contributed by atoms with Crippen LogP contribution >= 0.6 is 0 Å². The van der Waals surface area contributed by atoms with Crippen molar-refractivity contribution >= 4 is 23.4 Å². The maximum Gasteiger partial charge on any atom is 0.320 e. The maximum atomic E-state index is 14.7. The summed E-state index contributed by atoms with van der Waals surface area (Å²) in [7, 11) is 0. The Morgan fingerprint density at radius 2 is 1.97 bits per heavy atom. The molecule has 0 spiro atoms. The standard InChI is InChI=1S/C22H28FN7O3/c1-2-24-22(32)28-19-11-15(5-6-25-19)12-29-7-9-30(10-8-29)18-4-3-17(27-20(18)23)21(31)26-16-13-33-14-16/h3-6,11,16H,2,7-10,12-14H2,1H3,(H,26,31)(H2,24,25,28,32). The molecule has 2 fully saturated rings. The van der Waals surface area contributed by atoms with E-state index in [0.29, 0.717) is 50.9 Å². The predicted octanol–water partition coefficient (Wildman–Crippen LogP) is 1.21. The predicted molar refractivity (Wildman–Crippen MR) is 121 cm³/mol. The fraction of sp³-hybridized carbons (Fsp3) is 0.455. The van der Waals surface area contributed by atoms with Gasteiger partial charge in [-0.2, -0.15) is 4.39 Å². The number of piperazine rings is 1. The average molecular weight is 458 g/mol. The molecule has 2 aliphatic heterocycles. The quantitative estimate of drug-likeness (QED) is 0.536. The zero-order valence-corrected chi connectivity index (χ0v) is 18.5. The van der Waals surface area contributed by atoms with E-state index in [9.17, 15) is 14.0 Å². The third-order valence-electron chi connectivity index (χ3n) is 5.56. The highest BCUT2D eigenvalue weighted by Crippen LogP contribution is 2.21. The average Bonchev–Trinajstić information content (AvgIpc) is 2.77. The molecule has 4 heterocycles. The van der Waals surface area contributed by atoms with E-state index >= 15 is 0 Å². The largest absolute Gasteiger partial charge is 0.377 e. The first kappa shape index (κ1) is 22.9. The molecule has 3 amide bonds. The number of urea groups is 1. The van der Waals surface area contributed by atoms with E-state index in [1.165, 1.54) is 0 Å². The summed E-state index contributed by atoms with van der Waals surface area (Å²) in [6.45, 7) is 6.79. The van der Waals surface area contributed by atoms with Gasteiger partial charge in [0.2, 0.25) is 5.95 Å². The van der Waals surface area contributed by atoms with Gasteiger partial charge in [0.05, 0.1) is 24.9 Å². The Kier molecular flexibility index (Phi) is 7.30. The number of nitrogens with one attached hydrogen (secondary N) is 3. The lowest BCUT2D eigenvalue weighted by Crippen LogP contribution is -2.48. The van der Waals surface area contributed by atoms with Crippen molar-refractivity contribution in [3.63, 3.8) is 0 Å². The van der Waals surface area contributed by atoms with Crippen LogP contribution in [0.25, 0.3) is 0 Å². The second kappa shape index (κ2) is 10.5. The van der Waals surface area contributed by atoms with Gasteiger partial charge in [-0.05, 0) is 36.8 Å². The fourth-order valence-corrected chi connectivity index (χ4v) is 3.73. The van der Waals surface area contributed by atoms with Gasteiger partial charge in [-0.25, -0.2) is 14.8 Å². The minimum Gasteiger partial charge on any atom is -0.377 e. The number of rotatable bonds is 7. The molecule has 176 valence electrons. The van der Waals surface area contributed by atoms with Gasteiger partial charge in [0.15, 0.2) is 0 Å². The molecule has 2 saturated heterocycles. The van der Waals surface area contributed by atoms with Crippen LogP contribution in [0.5, 0.6) is 0 Å². The fourth-order valence-electron chi connectivity index (χ4n) is 3.73. The van der Waals surface area contributed by atoms with Gasteiger partial charge < -0.3 is 20.3 Å². The van der Waals surface area contributed by atoms with Crippen molar-refractivity contribution < 1.29 is 18.7 Å². The monoisotopic (exact) mass is 457 g/mol. The van der Waals surface area contributed by atoms with Gasteiger partial charge in [0, 0.05) is 45.5 Å². The van der Waals surface area contributed by atoms with Crippen molar-refractivity contribution in [2.45, 2.75) is 19.5 Å². The molecule has 2 aliphatic rings. The Labute approximate surface area is 191 Å². The van der Waals surface area contributed by atoms with Crippen molar-refractivity contribution in [2.75, 3.05) is 56.2 Å². The first-order valence-electron chi connectivity index (χ1n) is 11.0. The van der Waals surface area contributed by atoms with Crippen LogP contribution in [0.2, 0.25) is 0 Å². The van der Waals surface area contributed by atoms with Gasteiger partial charge >= 0.3 is 6.03 Å². The molecule has 2 aromatic rings. The van der Waals surface area contributed by atoms with Crippen LogP contribution in [0.1, 0.15) is 23.0 Å². The Bertz CT molecular complexity index is 994. The molecule has 0 atom stereocenters. The molecule has 0 bridgehead atoms. The summed E-state index contributed by atoms with van der Waals surface area (Å²) in [5, 5.41) is 8.15. The molecule has 0 saturated carbocycles. The van der Waals surface area contributed by atoms with E-state index in [0.717, 1.165) is 18.7 Å². The number of amides is 3. The Morgan fingerprint density at radius 1 is 1.18 bits per heavy atom. The van der Waals surface area contributed by atoms with Crippen molar-refractivity contribution in [3.05, 3.63) is 47.7 Å². The normalized spacial score (nSPS) is 16.7. The summed E-state index contributed by atoms with van der Waals surface area (Å²) < 4.78 is 19.7. The Balaban J connectivity index is 1.30. The van der Waals surface area contributed by atoms with Crippen LogP contribution in [0.4, 0.5) is 20.7 Å². The topological polar surface area (TPSA) is 112 Å². The highest BCUT2D eigenvalue weighted by molar-refractivity contribution is 5.92. The van der Waals surface area contributed by atoms with E-state index < -0.39 is 11.9 Å². The summed E-state index contributed by atoms with van der Waals surface area (Å²) in [6, 6.07) is 6.62. The van der Waals surface area contributed by atoms with Crippen LogP contribution < -0.4 is 20.9 Å². The molecule has 0 aliphatic carbocycles. The number of carbonyl (C=O) groups excluding carboxylic acids is 2. The molecule has 0 radical (unpaired) electrons. The van der Waals surface area contributed by atoms with Crippen molar-refractivity contribution in [3.8, 4) is 0 Å². The summed E-state index contributed by atoms with van der Waals surface area (Å²) in [6.07, 6.45) is 1.67. The molecule has 33 heavy (non-hydrogen) atoms. The third-order valence-corrected chi connectivity index (χ3v) is 5.56. The molecule has 0 aromatic carbocycles. The second-order valence-electron chi connectivity index (χ2n) is 8.01. The third kappa shape index (κ3) is 5.93. The Hall–Kier alpha value is -3.31. The summed E-state index contributed by atoms with van der Waals surface area (Å²) in [4.78, 5) is 36.1. The summed E-state index contributed by atoms with van der Waals surface area (Å²) in [5.41, 5.74) is 1.50. The van der Waals surface area contributed by atoms with E-state index in [1.807, 2.05) is 24.0 Å². The molecular weight excluding hydrogens is 429 g/mol. The summed E-state index contributed by atoms with van der Waals surface area (Å²) >= 11 is 0. The lowest BCUT2D eigenvalue weighted by Gasteiger charge is -2.36. The number of hydrogen-bond donors (Lipinski definition) is 3. The first-order valence-corrected chi connectivity index (χ1v) is 11.0. The number of anilines is 2. The van der Waals surface area contributed by atoms with Crippen LogP contribution in [-0.4, -0.2) is 78.8 Å². The van der Waals surface area contributed by atoms with Crippen LogP contribution in [-0.2, 0) is 11.3 Å². The number of halogens is 1. The lowest BCUT2D eigenvalue weighted by atomic mass is 10.2. The second-order valence-corrected chi connectivity index (χ2v) is 8.01.